The summed E-state index contributed by atoms with van der Waals surface area (Å²) in [6, 6.07) is 24.0. The van der Waals surface area contributed by atoms with Gasteiger partial charge >= 0.3 is 19.2 Å². The molecule has 3 aromatic rings. The highest BCUT2D eigenvalue weighted by Crippen LogP contribution is 2.44. The van der Waals surface area contributed by atoms with E-state index in [1.807, 2.05) is 82.3 Å². The fourth-order valence-corrected chi connectivity index (χ4v) is 5.28. The average molecular weight is 553 g/mol. The zero-order valence-corrected chi connectivity index (χ0v) is 24.2. The van der Waals surface area contributed by atoms with Crippen LogP contribution >= 0.6 is 0 Å². The van der Waals surface area contributed by atoms with Gasteiger partial charge in [0.1, 0.15) is 6.61 Å². The van der Waals surface area contributed by atoms with Crippen LogP contribution in [0.1, 0.15) is 55.9 Å². The number of carbonyl (C=O) groups is 2. The van der Waals surface area contributed by atoms with Gasteiger partial charge in [0.2, 0.25) is 0 Å². The van der Waals surface area contributed by atoms with Gasteiger partial charge in [-0.05, 0) is 66.5 Å². The predicted octanol–water partition coefficient (Wildman–Crippen LogP) is 5.96. The molecule has 2 aliphatic rings. The Kier molecular flexibility index (Phi) is 8.07. The smallest absolute Gasteiger partial charge is 0.469 e. The van der Waals surface area contributed by atoms with Crippen molar-refractivity contribution in [1.29, 1.82) is 0 Å². The van der Waals surface area contributed by atoms with E-state index in [4.69, 9.17) is 18.8 Å². The van der Waals surface area contributed by atoms with Crippen LogP contribution in [0.3, 0.4) is 0 Å². The fraction of sp³-hybridized carbons (Fsp3) is 0.333. The Morgan fingerprint density at radius 1 is 0.878 bits per heavy atom. The largest absolute Gasteiger partial charge is 0.492 e. The van der Waals surface area contributed by atoms with E-state index in [0.29, 0.717) is 5.47 Å². The number of fused-ring (bicyclic) bond motifs is 3. The quantitative estimate of drug-likeness (QED) is 0.274. The molecule has 1 aliphatic carbocycles. The van der Waals surface area contributed by atoms with Crippen LogP contribution in [0, 0.1) is 0 Å². The third kappa shape index (κ3) is 5.94. The molecule has 1 N–H and O–H groups in total. The van der Waals surface area contributed by atoms with Gasteiger partial charge in [0.25, 0.3) is 0 Å². The summed E-state index contributed by atoms with van der Waals surface area (Å²) >= 11 is 0. The average Bonchev–Trinajstić information content (AvgIpc) is 3.39. The van der Waals surface area contributed by atoms with Crippen molar-refractivity contribution in [3.8, 4) is 11.1 Å². The lowest BCUT2D eigenvalue weighted by Gasteiger charge is -2.32. The summed E-state index contributed by atoms with van der Waals surface area (Å²) in [7, 11) is 0.676. The molecule has 5 rings (SSSR count). The van der Waals surface area contributed by atoms with E-state index >= 15 is 0 Å². The highest BCUT2D eigenvalue weighted by molar-refractivity contribution is 6.56. The third-order valence-electron chi connectivity index (χ3n) is 8.29. The summed E-state index contributed by atoms with van der Waals surface area (Å²) in [5, 5.41) is 2.90. The maximum atomic E-state index is 13.0. The molecule has 1 amide bonds. The molecule has 0 aromatic heterocycles. The van der Waals surface area contributed by atoms with Crippen LogP contribution in [0.4, 0.5) is 4.79 Å². The maximum Gasteiger partial charge on any atom is 0.492 e. The summed E-state index contributed by atoms with van der Waals surface area (Å²) < 4.78 is 23.3. The molecule has 1 fully saturated rings. The van der Waals surface area contributed by atoms with Crippen LogP contribution in [0.5, 0.6) is 0 Å². The molecule has 212 valence electrons. The van der Waals surface area contributed by atoms with E-state index in [9.17, 15) is 9.59 Å². The summed E-state index contributed by atoms with van der Waals surface area (Å²) in [6.07, 6.45) is 1.50. The molecule has 8 heteroatoms. The number of esters is 1. The van der Waals surface area contributed by atoms with Crippen molar-refractivity contribution in [2.75, 3.05) is 20.3 Å². The number of rotatable bonds is 8. The Morgan fingerprint density at radius 3 is 2.05 bits per heavy atom. The van der Waals surface area contributed by atoms with Crippen molar-refractivity contribution in [2.24, 2.45) is 0 Å². The number of benzene rings is 3. The van der Waals surface area contributed by atoms with Crippen molar-refractivity contribution in [3.05, 3.63) is 101 Å². The second-order valence-corrected chi connectivity index (χ2v) is 11.4. The predicted molar refractivity (Wildman–Crippen MR) is 159 cm³/mol. The number of carbonyl (C=O) groups excluding carboxylic acids is 2. The third-order valence-corrected chi connectivity index (χ3v) is 8.29. The summed E-state index contributed by atoms with van der Waals surface area (Å²) in [5.74, 6) is -0.365. The molecular weight excluding hydrogens is 517 g/mol. The lowest BCUT2D eigenvalue weighted by molar-refractivity contribution is -0.139. The molecule has 1 aliphatic heterocycles. The summed E-state index contributed by atoms with van der Waals surface area (Å²) in [5.41, 5.74) is 5.85. The summed E-state index contributed by atoms with van der Waals surface area (Å²) in [4.78, 5) is 25.0. The minimum atomic E-state index is -0.694. The zero-order chi connectivity index (χ0) is 29.2. The van der Waals surface area contributed by atoms with Gasteiger partial charge in [0.05, 0.1) is 24.7 Å². The normalized spacial score (nSPS) is 17.1. The lowest BCUT2D eigenvalue weighted by Crippen LogP contribution is -2.41. The van der Waals surface area contributed by atoms with Gasteiger partial charge in [-0.15, -0.1) is 0 Å². The second-order valence-electron chi connectivity index (χ2n) is 11.4. The Labute approximate surface area is 242 Å². The van der Waals surface area contributed by atoms with Crippen LogP contribution in [0.15, 0.2) is 78.3 Å². The highest BCUT2D eigenvalue weighted by atomic mass is 16.7. The van der Waals surface area contributed by atoms with E-state index in [-0.39, 0.29) is 31.5 Å². The summed E-state index contributed by atoms with van der Waals surface area (Å²) in [6.45, 7) is 8.28. The van der Waals surface area contributed by atoms with Crippen molar-refractivity contribution in [3.63, 3.8) is 0 Å². The Morgan fingerprint density at radius 2 is 1.44 bits per heavy atom. The van der Waals surface area contributed by atoms with E-state index in [1.54, 1.807) is 0 Å². The highest BCUT2D eigenvalue weighted by Gasteiger charge is 2.52. The van der Waals surface area contributed by atoms with E-state index < -0.39 is 24.4 Å². The van der Waals surface area contributed by atoms with Gasteiger partial charge in [-0.25, -0.2) is 4.79 Å². The Hall–Kier alpha value is -3.88. The van der Waals surface area contributed by atoms with Gasteiger partial charge in [0.15, 0.2) is 0 Å². The van der Waals surface area contributed by atoms with Crippen LogP contribution in [-0.4, -0.2) is 50.6 Å². The number of hydrogen-bond acceptors (Lipinski definition) is 6. The number of ether oxygens (including phenoxy) is 2. The monoisotopic (exact) mass is 553 g/mol. The van der Waals surface area contributed by atoms with Gasteiger partial charge < -0.3 is 24.1 Å². The minimum absolute atomic E-state index is 0.0311. The van der Waals surface area contributed by atoms with Crippen LogP contribution in [0.2, 0.25) is 0 Å². The van der Waals surface area contributed by atoms with Gasteiger partial charge in [-0.3, -0.25) is 4.79 Å². The molecule has 7 nitrogen and oxygen atoms in total. The first-order valence-corrected chi connectivity index (χ1v) is 13.9. The molecular formula is C33H36BNO6. The number of amides is 1. The van der Waals surface area contributed by atoms with E-state index in [0.717, 1.165) is 22.3 Å². The molecule has 1 heterocycles. The maximum absolute atomic E-state index is 13.0. The van der Waals surface area contributed by atoms with Gasteiger partial charge in [-0.1, -0.05) is 78.9 Å². The number of nitrogens with one attached hydrogen (secondary N) is 1. The minimum Gasteiger partial charge on any atom is -0.469 e. The standard InChI is InChI=1S/C33H36BNO6/c1-32(2)33(3,4)41-34(40-32)24(18-22-12-6-7-13-23(22)19-30(36)38-5)20-35-31(37)39-21-29-27-16-10-8-14-25(27)26-15-9-11-17-28(26)29/h6-18,29H,19-21H2,1-5H3,(H,35,37). The number of methoxy groups -OCH3 is 1. The first kappa shape index (κ1) is 28.6. The molecule has 0 atom stereocenters. The van der Waals surface area contributed by atoms with Crippen molar-refractivity contribution in [2.45, 2.75) is 51.2 Å². The molecule has 1 saturated heterocycles. The molecule has 0 saturated carbocycles. The van der Waals surface area contributed by atoms with Crippen molar-refractivity contribution in [1.82, 2.24) is 5.32 Å². The van der Waals surface area contributed by atoms with E-state index in [1.165, 1.54) is 18.2 Å². The lowest BCUT2D eigenvalue weighted by atomic mass is 9.76. The van der Waals surface area contributed by atoms with Gasteiger partial charge in [0, 0.05) is 12.5 Å². The zero-order valence-electron chi connectivity index (χ0n) is 24.2. The van der Waals surface area contributed by atoms with Crippen molar-refractivity contribution >= 4 is 25.3 Å². The van der Waals surface area contributed by atoms with E-state index in [2.05, 4.69) is 29.6 Å². The first-order chi connectivity index (χ1) is 19.6. The second kappa shape index (κ2) is 11.5. The molecule has 0 unspecified atom stereocenters. The molecule has 3 aromatic carbocycles. The number of hydrogen-bond donors (Lipinski definition) is 1. The van der Waals surface area contributed by atoms with Gasteiger partial charge in [-0.2, -0.15) is 0 Å². The Bertz CT molecular complexity index is 1420. The first-order valence-electron chi connectivity index (χ1n) is 13.9. The fourth-order valence-electron chi connectivity index (χ4n) is 5.28. The molecule has 0 spiro atoms. The van der Waals surface area contributed by atoms with Crippen LogP contribution < -0.4 is 5.32 Å². The Balaban J connectivity index is 1.33. The molecule has 41 heavy (non-hydrogen) atoms. The van der Waals surface area contributed by atoms with Crippen molar-refractivity contribution < 1.29 is 28.4 Å². The number of alkyl carbamates (subject to hydrolysis) is 1. The SMILES string of the molecule is COC(=O)Cc1ccccc1C=C(CNC(=O)OCC1c2ccccc2-c2ccccc21)B1OC(C)(C)C(C)(C)O1. The van der Waals surface area contributed by atoms with Crippen LogP contribution in [-0.2, 0) is 30.0 Å². The van der Waals surface area contributed by atoms with Crippen LogP contribution in [0.25, 0.3) is 17.2 Å². The molecule has 0 radical (unpaired) electrons. The topological polar surface area (TPSA) is 83.1 Å². The molecule has 0 bridgehead atoms.